The van der Waals surface area contributed by atoms with Gasteiger partial charge in [0.2, 0.25) is 0 Å². The van der Waals surface area contributed by atoms with E-state index < -0.39 is 0 Å². The molecule has 0 saturated heterocycles. The predicted octanol–water partition coefficient (Wildman–Crippen LogP) is 5.20. The molecule has 0 unspecified atom stereocenters. The molecule has 3 aromatic rings. The second-order valence-electron chi connectivity index (χ2n) is 5.52. The molecule has 1 aromatic heterocycles. The van der Waals surface area contributed by atoms with Crippen LogP contribution in [0.2, 0.25) is 0 Å². The Morgan fingerprint density at radius 1 is 0.950 bits per heavy atom. The predicted molar refractivity (Wildman–Crippen MR) is 86.2 cm³/mol. The molecular formula is C19H21N. The van der Waals surface area contributed by atoms with E-state index in [1.54, 1.807) is 0 Å². The maximum absolute atomic E-state index is 2.38. The zero-order valence-corrected chi connectivity index (χ0v) is 12.2. The summed E-state index contributed by atoms with van der Waals surface area (Å²) in [5.74, 6) is 0.608. The molecule has 0 saturated carbocycles. The lowest BCUT2D eigenvalue weighted by Crippen LogP contribution is -1.97. The molecule has 1 nitrogen and oxygen atoms in total. The molecule has 0 aliphatic carbocycles. The third-order valence-corrected chi connectivity index (χ3v) is 4.16. The molecular weight excluding hydrogens is 242 g/mol. The van der Waals surface area contributed by atoms with Crippen LogP contribution in [0.15, 0.2) is 60.8 Å². The van der Waals surface area contributed by atoms with E-state index in [0.717, 1.165) is 6.54 Å². The molecule has 0 radical (unpaired) electrons. The first kappa shape index (κ1) is 13.0. The zero-order chi connectivity index (χ0) is 13.9. The van der Waals surface area contributed by atoms with Gasteiger partial charge in [0.25, 0.3) is 0 Å². The average molecular weight is 263 g/mol. The van der Waals surface area contributed by atoms with Crippen molar-refractivity contribution in [3.05, 3.63) is 71.9 Å². The number of para-hydroxylation sites is 1. The van der Waals surface area contributed by atoms with Crippen LogP contribution in [-0.4, -0.2) is 4.57 Å². The Hall–Kier alpha value is -2.02. The number of fused-ring (bicyclic) bond motifs is 1. The number of hydrogen-bond donors (Lipinski definition) is 0. The fourth-order valence-electron chi connectivity index (χ4n) is 2.80. The van der Waals surface area contributed by atoms with Gasteiger partial charge in [-0.15, -0.1) is 0 Å². The second-order valence-corrected chi connectivity index (χ2v) is 5.52. The minimum atomic E-state index is 0.608. The Labute approximate surface area is 120 Å². The Kier molecular flexibility index (Phi) is 3.60. The normalized spacial score (nSPS) is 12.7. The van der Waals surface area contributed by atoms with Gasteiger partial charge >= 0.3 is 0 Å². The quantitative estimate of drug-likeness (QED) is 0.609. The van der Waals surface area contributed by atoms with Crippen molar-refractivity contribution in [2.24, 2.45) is 0 Å². The Balaban J connectivity index is 2.07. The molecule has 20 heavy (non-hydrogen) atoms. The summed E-state index contributed by atoms with van der Waals surface area (Å²) in [6.07, 6.45) is 3.52. The summed E-state index contributed by atoms with van der Waals surface area (Å²) in [6, 6.07) is 19.4. The molecule has 1 heteroatoms. The van der Waals surface area contributed by atoms with E-state index in [1.807, 2.05) is 0 Å². The molecule has 0 fully saturated rings. The maximum atomic E-state index is 2.38. The summed E-state index contributed by atoms with van der Waals surface area (Å²) < 4.78 is 2.38. The molecule has 2 aromatic carbocycles. The van der Waals surface area contributed by atoms with Gasteiger partial charge in [0.1, 0.15) is 0 Å². The van der Waals surface area contributed by atoms with Crippen LogP contribution in [0.5, 0.6) is 0 Å². The lowest BCUT2D eigenvalue weighted by Gasteiger charge is -2.06. The first-order chi connectivity index (χ1) is 9.79. The van der Waals surface area contributed by atoms with E-state index in [2.05, 4.69) is 79.2 Å². The van der Waals surface area contributed by atoms with E-state index >= 15 is 0 Å². The SMILES string of the molecule is CC[C@H](C)c1cn(Cc2ccccc2)c2ccccc12. The molecule has 0 spiro atoms. The van der Waals surface area contributed by atoms with E-state index in [9.17, 15) is 0 Å². The summed E-state index contributed by atoms with van der Waals surface area (Å²) in [7, 11) is 0. The fourth-order valence-corrected chi connectivity index (χ4v) is 2.80. The molecule has 0 bridgehead atoms. The van der Waals surface area contributed by atoms with Crippen molar-refractivity contribution in [3.63, 3.8) is 0 Å². The van der Waals surface area contributed by atoms with Crippen molar-refractivity contribution in [2.45, 2.75) is 32.7 Å². The lowest BCUT2D eigenvalue weighted by atomic mass is 9.98. The molecule has 102 valence electrons. The van der Waals surface area contributed by atoms with E-state index in [4.69, 9.17) is 0 Å². The van der Waals surface area contributed by atoms with Crippen LogP contribution in [0.25, 0.3) is 10.9 Å². The van der Waals surface area contributed by atoms with Crippen molar-refractivity contribution >= 4 is 10.9 Å². The molecule has 1 atom stereocenters. The minimum absolute atomic E-state index is 0.608. The number of benzene rings is 2. The summed E-state index contributed by atoms with van der Waals surface area (Å²) >= 11 is 0. The number of nitrogens with zero attached hydrogens (tertiary/aromatic N) is 1. The van der Waals surface area contributed by atoms with Crippen molar-refractivity contribution in [1.82, 2.24) is 4.57 Å². The van der Waals surface area contributed by atoms with Crippen LogP contribution >= 0.6 is 0 Å². The van der Waals surface area contributed by atoms with Crippen LogP contribution < -0.4 is 0 Å². The molecule has 3 rings (SSSR count). The lowest BCUT2D eigenvalue weighted by molar-refractivity contribution is 0.729. The van der Waals surface area contributed by atoms with Crippen molar-refractivity contribution < 1.29 is 0 Å². The van der Waals surface area contributed by atoms with E-state index in [0.29, 0.717) is 5.92 Å². The minimum Gasteiger partial charge on any atom is -0.343 e. The highest BCUT2D eigenvalue weighted by atomic mass is 15.0. The summed E-state index contributed by atoms with van der Waals surface area (Å²) in [6.45, 7) is 5.51. The molecule has 0 N–H and O–H groups in total. The van der Waals surface area contributed by atoms with Crippen LogP contribution in [0.1, 0.15) is 37.3 Å². The van der Waals surface area contributed by atoms with Crippen molar-refractivity contribution in [3.8, 4) is 0 Å². The van der Waals surface area contributed by atoms with Gasteiger partial charge in [-0.1, -0.05) is 62.4 Å². The van der Waals surface area contributed by atoms with Crippen molar-refractivity contribution in [2.75, 3.05) is 0 Å². The van der Waals surface area contributed by atoms with Gasteiger partial charge in [-0.3, -0.25) is 0 Å². The highest BCUT2D eigenvalue weighted by Gasteiger charge is 2.12. The van der Waals surface area contributed by atoms with Crippen LogP contribution in [0.3, 0.4) is 0 Å². The first-order valence-electron chi connectivity index (χ1n) is 7.41. The third-order valence-electron chi connectivity index (χ3n) is 4.16. The Bertz CT molecular complexity index is 694. The van der Waals surface area contributed by atoms with Gasteiger partial charge in [0.05, 0.1) is 0 Å². The van der Waals surface area contributed by atoms with Gasteiger partial charge in [-0.25, -0.2) is 0 Å². The largest absolute Gasteiger partial charge is 0.343 e. The highest BCUT2D eigenvalue weighted by Crippen LogP contribution is 2.29. The van der Waals surface area contributed by atoms with Gasteiger partial charge in [-0.2, -0.15) is 0 Å². The zero-order valence-electron chi connectivity index (χ0n) is 12.2. The third kappa shape index (κ3) is 2.36. The molecule has 0 amide bonds. The molecule has 0 aliphatic rings. The smallest absolute Gasteiger partial charge is 0.0486 e. The first-order valence-corrected chi connectivity index (χ1v) is 7.41. The summed E-state index contributed by atoms with van der Waals surface area (Å²) in [5.41, 5.74) is 4.16. The van der Waals surface area contributed by atoms with Crippen LogP contribution in [-0.2, 0) is 6.54 Å². The van der Waals surface area contributed by atoms with E-state index in [-0.39, 0.29) is 0 Å². The van der Waals surface area contributed by atoms with Crippen LogP contribution in [0.4, 0.5) is 0 Å². The Morgan fingerprint density at radius 2 is 1.65 bits per heavy atom. The van der Waals surface area contributed by atoms with Crippen molar-refractivity contribution in [1.29, 1.82) is 0 Å². The van der Waals surface area contributed by atoms with Gasteiger partial charge in [0, 0.05) is 23.6 Å². The Morgan fingerprint density at radius 3 is 2.40 bits per heavy atom. The maximum Gasteiger partial charge on any atom is 0.0486 e. The molecule has 1 heterocycles. The topological polar surface area (TPSA) is 4.93 Å². The number of rotatable bonds is 4. The average Bonchev–Trinajstić information content (AvgIpc) is 2.87. The summed E-state index contributed by atoms with van der Waals surface area (Å²) in [4.78, 5) is 0. The van der Waals surface area contributed by atoms with E-state index in [1.165, 1.54) is 28.5 Å². The van der Waals surface area contributed by atoms with Crippen LogP contribution in [0, 0.1) is 0 Å². The highest BCUT2D eigenvalue weighted by molar-refractivity contribution is 5.84. The second kappa shape index (κ2) is 5.54. The fraction of sp³-hybridized carbons (Fsp3) is 0.263. The standard InChI is InChI=1S/C19H21N/c1-3-15(2)18-14-20(13-16-9-5-4-6-10-16)19-12-8-7-11-17(18)19/h4-12,14-15H,3,13H2,1-2H3/t15-/m0/s1. The number of hydrogen-bond acceptors (Lipinski definition) is 0. The number of aromatic nitrogens is 1. The molecule has 0 aliphatic heterocycles. The monoisotopic (exact) mass is 263 g/mol. The summed E-state index contributed by atoms with van der Waals surface area (Å²) in [5, 5.41) is 1.40. The van der Waals surface area contributed by atoms with Gasteiger partial charge in [-0.05, 0) is 29.5 Å². The van der Waals surface area contributed by atoms with Gasteiger partial charge < -0.3 is 4.57 Å². The van der Waals surface area contributed by atoms with Gasteiger partial charge in [0.15, 0.2) is 0 Å².